The number of nitrogens with two attached hydrogens (primary N) is 1. The zero-order valence-corrected chi connectivity index (χ0v) is 18.1. The van der Waals surface area contributed by atoms with E-state index in [1.54, 1.807) is 6.92 Å². The average Bonchev–Trinajstić information content (AvgIpc) is 2.81. The molecule has 0 aliphatic rings. The van der Waals surface area contributed by atoms with E-state index in [0.29, 0.717) is 11.3 Å². The second-order valence-electron chi connectivity index (χ2n) is 6.57. The first-order valence-electron chi connectivity index (χ1n) is 9.81. The van der Waals surface area contributed by atoms with Crippen LogP contribution in [-0.4, -0.2) is 49.0 Å². The highest BCUT2D eigenvalue weighted by Gasteiger charge is 2.25. The van der Waals surface area contributed by atoms with Crippen LogP contribution in [0, 0.1) is 11.3 Å². The fourth-order valence-electron chi connectivity index (χ4n) is 2.68. The van der Waals surface area contributed by atoms with E-state index in [1.165, 1.54) is 48.5 Å². The van der Waals surface area contributed by atoms with Gasteiger partial charge in [0, 0.05) is 29.6 Å². The van der Waals surface area contributed by atoms with Gasteiger partial charge in [0.25, 0.3) is 0 Å². The number of nitrogen functional groups attached to an aromatic ring is 1. The molecule has 0 radical (unpaired) electrons. The van der Waals surface area contributed by atoms with E-state index in [9.17, 15) is 24.3 Å². The van der Waals surface area contributed by atoms with Gasteiger partial charge in [-0.3, -0.25) is 15.0 Å². The molecule has 0 aliphatic heterocycles. The standard InChI is InChI=1S/C22H22N2O7.CH2O2/c1-2-30-19(26)12-31-16-9-7-13(8-10-16)18(25)11-17(22(28)29)20(27)14-3-5-15(6-4-14)21(23)24;2-1-3/h3-10,17H,2,11-12H2,1H3,(H3,23,24)(H,28,29);1H,(H,2,3)/p-2. The minimum Gasteiger partial charge on any atom is -0.554 e. The van der Waals surface area contributed by atoms with Crippen molar-refractivity contribution in [2.45, 2.75) is 13.3 Å². The molecule has 1 atom stereocenters. The van der Waals surface area contributed by atoms with Crippen LogP contribution in [0.4, 0.5) is 0 Å². The predicted molar refractivity (Wildman–Crippen MR) is 114 cm³/mol. The average molecular weight is 470 g/mol. The maximum absolute atomic E-state index is 12.6. The Balaban J connectivity index is 0.00000182. The molecule has 11 nitrogen and oxygen atoms in total. The van der Waals surface area contributed by atoms with E-state index in [0.717, 1.165) is 0 Å². The third kappa shape index (κ3) is 8.54. The molecule has 0 heterocycles. The van der Waals surface area contributed by atoms with Crippen LogP contribution in [0.1, 0.15) is 39.6 Å². The first-order chi connectivity index (χ1) is 16.1. The Morgan fingerprint density at radius 2 is 1.50 bits per heavy atom. The number of Topliss-reactive ketones (excluding diaryl/α,β-unsaturated/α-hetero) is 2. The minimum absolute atomic E-state index is 0.0645. The Morgan fingerprint density at radius 3 is 1.97 bits per heavy atom. The summed E-state index contributed by atoms with van der Waals surface area (Å²) < 4.78 is 9.97. The van der Waals surface area contributed by atoms with E-state index < -0.39 is 42.3 Å². The molecule has 0 saturated heterocycles. The number of carbonyl (C=O) groups is 5. The van der Waals surface area contributed by atoms with Gasteiger partial charge in [0.1, 0.15) is 11.6 Å². The summed E-state index contributed by atoms with van der Waals surface area (Å²) in [7, 11) is 0. The number of esters is 1. The van der Waals surface area contributed by atoms with Crippen molar-refractivity contribution in [2.75, 3.05) is 13.2 Å². The van der Waals surface area contributed by atoms with Crippen molar-refractivity contribution in [1.29, 1.82) is 5.41 Å². The molecule has 0 aromatic heterocycles. The Kier molecular flexibility index (Phi) is 11.1. The number of carboxylic acids is 1. The molecule has 3 N–H and O–H groups in total. The third-order valence-corrected chi connectivity index (χ3v) is 4.31. The smallest absolute Gasteiger partial charge is 0.344 e. The molecule has 180 valence electrons. The second-order valence-corrected chi connectivity index (χ2v) is 6.57. The lowest BCUT2D eigenvalue weighted by atomic mass is 9.90. The van der Waals surface area contributed by atoms with E-state index >= 15 is 0 Å². The highest BCUT2D eigenvalue weighted by molar-refractivity contribution is 6.11. The summed E-state index contributed by atoms with van der Waals surface area (Å²) in [5.74, 6) is -5.09. The number of nitrogens with one attached hydrogen (secondary N) is 1. The number of carbonyl (C=O) groups excluding carboxylic acids is 5. The highest BCUT2D eigenvalue weighted by atomic mass is 16.6. The normalized spacial score (nSPS) is 10.6. The lowest BCUT2D eigenvalue weighted by Crippen LogP contribution is -2.37. The molecule has 0 bridgehead atoms. The molecule has 0 amide bonds. The molecule has 2 aromatic rings. The van der Waals surface area contributed by atoms with Crippen LogP contribution < -0.4 is 20.7 Å². The topological polar surface area (TPSA) is 200 Å². The fourth-order valence-corrected chi connectivity index (χ4v) is 2.68. The van der Waals surface area contributed by atoms with E-state index in [2.05, 4.69) is 0 Å². The van der Waals surface area contributed by atoms with E-state index in [1.807, 2.05) is 0 Å². The number of ether oxygens (including phenoxy) is 2. The van der Waals surface area contributed by atoms with Gasteiger partial charge < -0.3 is 35.0 Å². The maximum atomic E-state index is 12.6. The van der Waals surface area contributed by atoms with Gasteiger partial charge in [-0.25, -0.2) is 4.79 Å². The molecule has 34 heavy (non-hydrogen) atoms. The lowest BCUT2D eigenvalue weighted by Gasteiger charge is -2.16. The van der Waals surface area contributed by atoms with Gasteiger partial charge in [-0.05, 0) is 31.2 Å². The van der Waals surface area contributed by atoms with Crippen molar-refractivity contribution in [3.63, 3.8) is 0 Å². The Morgan fingerprint density at radius 1 is 1.00 bits per heavy atom. The third-order valence-electron chi connectivity index (χ3n) is 4.31. The van der Waals surface area contributed by atoms with Crippen molar-refractivity contribution in [3.05, 3.63) is 65.2 Å². The number of carboxylic acid groups (broad SMARTS) is 2. The Labute approximate surface area is 194 Å². The van der Waals surface area contributed by atoms with Crippen LogP contribution in [0.15, 0.2) is 48.5 Å². The lowest BCUT2D eigenvalue weighted by molar-refractivity contribution is -0.309. The molecule has 2 rings (SSSR count). The van der Waals surface area contributed by atoms with Gasteiger partial charge in [-0.1, -0.05) is 24.3 Å². The Bertz CT molecular complexity index is 1030. The van der Waals surface area contributed by atoms with Crippen molar-refractivity contribution >= 4 is 35.8 Å². The number of benzene rings is 2. The fraction of sp³-hybridized carbons (Fsp3) is 0.217. The van der Waals surface area contributed by atoms with Crippen molar-refractivity contribution in [2.24, 2.45) is 11.7 Å². The monoisotopic (exact) mass is 470 g/mol. The molecule has 2 aromatic carbocycles. The number of ketones is 2. The van der Waals surface area contributed by atoms with Crippen LogP contribution in [0.25, 0.3) is 0 Å². The SMILES string of the molecule is CCOC(=O)COc1ccc(C(=O)CC(C(=O)[O-])C(=O)c2ccc(C(=N)N)cc2)cc1.O=C[O-]. The van der Waals surface area contributed by atoms with Gasteiger partial charge >= 0.3 is 5.97 Å². The zero-order chi connectivity index (χ0) is 25.7. The minimum atomic E-state index is -1.67. The van der Waals surface area contributed by atoms with Crippen LogP contribution in [0.2, 0.25) is 0 Å². The summed E-state index contributed by atoms with van der Waals surface area (Å²) in [6.45, 7) is 1.11. The summed E-state index contributed by atoms with van der Waals surface area (Å²) in [5, 5.41) is 27.1. The van der Waals surface area contributed by atoms with Crippen molar-refractivity contribution in [3.8, 4) is 5.75 Å². The van der Waals surface area contributed by atoms with Crippen LogP contribution in [0.5, 0.6) is 5.75 Å². The highest BCUT2D eigenvalue weighted by Crippen LogP contribution is 2.19. The molecule has 0 spiro atoms. The van der Waals surface area contributed by atoms with Crippen LogP contribution in [0.3, 0.4) is 0 Å². The molecule has 0 aliphatic carbocycles. The number of rotatable bonds is 11. The van der Waals surface area contributed by atoms with Gasteiger partial charge in [-0.15, -0.1) is 0 Å². The quantitative estimate of drug-likeness (QED) is 0.103. The van der Waals surface area contributed by atoms with Gasteiger partial charge in [0.05, 0.1) is 18.5 Å². The first kappa shape index (κ1) is 27.5. The number of amidine groups is 1. The molecular formula is C23H22N2O9-2. The first-order valence-corrected chi connectivity index (χ1v) is 9.81. The van der Waals surface area contributed by atoms with E-state index in [-0.39, 0.29) is 30.2 Å². The number of aliphatic carboxylic acids is 1. The van der Waals surface area contributed by atoms with Gasteiger partial charge in [0.2, 0.25) is 0 Å². The van der Waals surface area contributed by atoms with Gasteiger partial charge in [0.15, 0.2) is 18.2 Å². The molecular weight excluding hydrogens is 448 g/mol. The van der Waals surface area contributed by atoms with Crippen molar-refractivity contribution < 1.29 is 43.7 Å². The molecule has 0 fully saturated rings. The number of hydrogen-bond acceptors (Lipinski definition) is 10. The summed E-state index contributed by atoms with van der Waals surface area (Å²) in [5.41, 5.74) is 5.97. The molecule has 0 saturated carbocycles. The number of hydrogen-bond donors (Lipinski definition) is 2. The zero-order valence-electron chi connectivity index (χ0n) is 18.1. The maximum Gasteiger partial charge on any atom is 0.344 e. The predicted octanol–water partition coefficient (Wildman–Crippen LogP) is -0.900. The largest absolute Gasteiger partial charge is 0.554 e. The van der Waals surface area contributed by atoms with Gasteiger partial charge in [-0.2, -0.15) is 0 Å². The van der Waals surface area contributed by atoms with E-state index in [4.69, 9.17) is 30.5 Å². The summed E-state index contributed by atoms with van der Waals surface area (Å²) in [6.07, 6.45) is -0.585. The summed E-state index contributed by atoms with van der Waals surface area (Å²) >= 11 is 0. The summed E-state index contributed by atoms with van der Waals surface area (Å²) in [6, 6.07) is 11.2. The van der Waals surface area contributed by atoms with Crippen LogP contribution >= 0.6 is 0 Å². The second kappa shape index (κ2) is 13.8. The van der Waals surface area contributed by atoms with Crippen molar-refractivity contribution in [1.82, 2.24) is 0 Å². The Hall–Kier alpha value is -4.54. The van der Waals surface area contributed by atoms with Crippen LogP contribution in [-0.2, 0) is 19.1 Å². The summed E-state index contributed by atoms with van der Waals surface area (Å²) in [4.78, 5) is 56.1. The molecule has 11 heteroatoms. The molecule has 1 unspecified atom stereocenters.